The number of fused-ring (bicyclic) bond motifs is 1. The molecule has 19 heavy (non-hydrogen) atoms. The van der Waals surface area contributed by atoms with Gasteiger partial charge in [-0.1, -0.05) is 23.9 Å². The Morgan fingerprint density at radius 1 is 1.32 bits per heavy atom. The maximum Gasteiger partial charge on any atom is 0.266 e. The summed E-state index contributed by atoms with van der Waals surface area (Å²) < 4.78 is 14.6. The SMILES string of the molecule is NC(=O)c1[nH]c2ccsc2c1Sc1ccccc1F. The molecular formula is C13H9FN2OS2. The lowest BCUT2D eigenvalue weighted by Gasteiger charge is -2.03. The molecule has 1 aromatic carbocycles. The van der Waals surface area contributed by atoms with Crippen LogP contribution in [-0.2, 0) is 0 Å². The molecule has 3 rings (SSSR count). The Kier molecular flexibility index (Phi) is 3.04. The van der Waals surface area contributed by atoms with Crippen LogP contribution in [-0.4, -0.2) is 10.9 Å². The molecule has 0 aliphatic heterocycles. The quantitative estimate of drug-likeness (QED) is 0.774. The predicted octanol–water partition coefficient (Wildman–Crippen LogP) is 3.62. The molecule has 3 N–H and O–H groups in total. The third kappa shape index (κ3) is 2.13. The van der Waals surface area contributed by atoms with Gasteiger partial charge in [-0.15, -0.1) is 11.3 Å². The minimum atomic E-state index is -0.540. The van der Waals surface area contributed by atoms with Crippen molar-refractivity contribution in [3.05, 3.63) is 47.2 Å². The maximum atomic E-state index is 13.7. The molecule has 96 valence electrons. The van der Waals surface area contributed by atoms with Crippen LogP contribution in [0.25, 0.3) is 10.2 Å². The monoisotopic (exact) mass is 292 g/mol. The number of nitrogens with one attached hydrogen (secondary N) is 1. The Labute approximate surface area is 116 Å². The first-order valence-electron chi connectivity index (χ1n) is 5.48. The molecule has 0 bridgehead atoms. The molecule has 3 nitrogen and oxygen atoms in total. The summed E-state index contributed by atoms with van der Waals surface area (Å²) in [5.41, 5.74) is 6.53. The first-order chi connectivity index (χ1) is 9.16. The second-order valence-electron chi connectivity index (χ2n) is 3.89. The number of H-pyrrole nitrogens is 1. The van der Waals surface area contributed by atoms with Crippen LogP contribution in [0, 0.1) is 5.82 Å². The summed E-state index contributed by atoms with van der Waals surface area (Å²) in [6, 6.07) is 8.33. The first-order valence-corrected chi connectivity index (χ1v) is 7.18. The number of rotatable bonds is 3. The summed E-state index contributed by atoms with van der Waals surface area (Å²) in [6.45, 7) is 0. The highest BCUT2D eigenvalue weighted by molar-refractivity contribution is 7.99. The van der Waals surface area contributed by atoms with Crippen molar-refractivity contribution < 1.29 is 9.18 Å². The van der Waals surface area contributed by atoms with E-state index in [1.54, 1.807) is 18.2 Å². The third-order valence-electron chi connectivity index (χ3n) is 2.65. The lowest BCUT2D eigenvalue weighted by atomic mass is 10.3. The number of amides is 1. The molecule has 3 aromatic rings. The van der Waals surface area contributed by atoms with Gasteiger partial charge in [-0.25, -0.2) is 4.39 Å². The van der Waals surface area contributed by atoms with Crippen molar-refractivity contribution in [2.45, 2.75) is 9.79 Å². The van der Waals surface area contributed by atoms with E-state index in [4.69, 9.17) is 5.73 Å². The van der Waals surface area contributed by atoms with Crippen LogP contribution >= 0.6 is 23.1 Å². The second kappa shape index (κ2) is 4.71. The van der Waals surface area contributed by atoms with E-state index in [1.165, 1.54) is 29.2 Å². The molecule has 0 spiro atoms. The van der Waals surface area contributed by atoms with Gasteiger partial charge in [0, 0.05) is 4.90 Å². The van der Waals surface area contributed by atoms with Gasteiger partial charge >= 0.3 is 0 Å². The number of hydrogen-bond acceptors (Lipinski definition) is 3. The molecular weight excluding hydrogens is 283 g/mol. The van der Waals surface area contributed by atoms with Crippen LogP contribution < -0.4 is 5.73 Å². The van der Waals surface area contributed by atoms with Crippen molar-refractivity contribution in [3.8, 4) is 0 Å². The van der Waals surface area contributed by atoms with Crippen LogP contribution in [0.5, 0.6) is 0 Å². The van der Waals surface area contributed by atoms with E-state index < -0.39 is 5.91 Å². The van der Waals surface area contributed by atoms with Gasteiger partial charge in [-0.2, -0.15) is 0 Å². The van der Waals surface area contributed by atoms with Crippen molar-refractivity contribution in [2.24, 2.45) is 5.73 Å². The lowest BCUT2D eigenvalue weighted by Crippen LogP contribution is -2.12. The van der Waals surface area contributed by atoms with Gasteiger partial charge in [-0.05, 0) is 23.6 Å². The van der Waals surface area contributed by atoms with Crippen LogP contribution in [0.15, 0.2) is 45.5 Å². The fraction of sp³-hybridized carbons (Fsp3) is 0. The maximum absolute atomic E-state index is 13.7. The van der Waals surface area contributed by atoms with Gasteiger partial charge in [0.05, 0.1) is 15.1 Å². The van der Waals surface area contributed by atoms with Gasteiger partial charge in [0.15, 0.2) is 0 Å². The molecule has 0 saturated heterocycles. The number of hydrogen-bond donors (Lipinski definition) is 2. The molecule has 2 aromatic heterocycles. The molecule has 0 unspecified atom stereocenters. The van der Waals surface area contributed by atoms with Crippen molar-refractivity contribution in [1.82, 2.24) is 4.98 Å². The normalized spacial score (nSPS) is 11.0. The summed E-state index contributed by atoms with van der Waals surface area (Å²) in [4.78, 5) is 15.6. The molecule has 0 atom stereocenters. The van der Waals surface area contributed by atoms with E-state index in [9.17, 15) is 9.18 Å². The van der Waals surface area contributed by atoms with E-state index in [2.05, 4.69) is 4.98 Å². The van der Waals surface area contributed by atoms with Gasteiger partial charge in [0.1, 0.15) is 11.5 Å². The number of benzene rings is 1. The number of nitrogens with two attached hydrogens (primary N) is 1. The van der Waals surface area contributed by atoms with Crippen LogP contribution in [0.2, 0.25) is 0 Å². The molecule has 0 fully saturated rings. The van der Waals surface area contributed by atoms with E-state index in [0.717, 1.165) is 10.2 Å². The van der Waals surface area contributed by atoms with Gasteiger partial charge < -0.3 is 10.7 Å². The van der Waals surface area contributed by atoms with Crippen molar-refractivity contribution in [1.29, 1.82) is 0 Å². The number of carbonyl (C=O) groups is 1. The van der Waals surface area contributed by atoms with E-state index in [-0.39, 0.29) is 5.82 Å². The van der Waals surface area contributed by atoms with Gasteiger partial charge in [-0.3, -0.25) is 4.79 Å². The number of primary amides is 1. The predicted molar refractivity (Wildman–Crippen MR) is 75.2 cm³/mol. The minimum absolute atomic E-state index is 0.311. The van der Waals surface area contributed by atoms with Crippen molar-refractivity contribution in [3.63, 3.8) is 0 Å². The fourth-order valence-electron chi connectivity index (χ4n) is 1.80. The van der Waals surface area contributed by atoms with Crippen LogP contribution in [0.3, 0.4) is 0 Å². The average molecular weight is 292 g/mol. The molecule has 0 aliphatic carbocycles. The molecule has 6 heteroatoms. The Hall–Kier alpha value is -1.79. The van der Waals surface area contributed by atoms with Crippen molar-refractivity contribution >= 4 is 39.2 Å². The number of halogens is 1. The number of carbonyl (C=O) groups excluding carboxylic acids is 1. The van der Waals surface area contributed by atoms with Gasteiger partial charge in [0.2, 0.25) is 0 Å². The summed E-state index contributed by atoms with van der Waals surface area (Å²) in [5, 5.41) is 1.91. The summed E-state index contributed by atoms with van der Waals surface area (Å²) in [6.07, 6.45) is 0. The Morgan fingerprint density at radius 2 is 2.11 bits per heavy atom. The Bertz CT molecular complexity index is 763. The zero-order valence-corrected chi connectivity index (χ0v) is 11.3. The third-order valence-corrected chi connectivity index (χ3v) is 4.88. The van der Waals surface area contributed by atoms with Crippen LogP contribution in [0.1, 0.15) is 10.5 Å². The second-order valence-corrected chi connectivity index (χ2v) is 5.86. The molecule has 0 radical (unpaired) electrons. The average Bonchev–Trinajstić information content (AvgIpc) is 2.94. The molecule has 0 aliphatic rings. The Balaban J connectivity index is 2.13. The highest BCUT2D eigenvalue weighted by Crippen LogP contribution is 2.39. The highest BCUT2D eigenvalue weighted by atomic mass is 32.2. The lowest BCUT2D eigenvalue weighted by molar-refractivity contribution is 0.0993. The number of aromatic nitrogens is 1. The molecule has 2 heterocycles. The van der Waals surface area contributed by atoms with E-state index >= 15 is 0 Å². The Morgan fingerprint density at radius 3 is 2.84 bits per heavy atom. The number of thiophene rings is 1. The van der Waals surface area contributed by atoms with Crippen LogP contribution in [0.4, 0.5) is 4.39 Å². The zero-order chi connectivity index (χ0) is 13.4. The van der Waals surface area contributed by atoms with E-state index in [1.807, 2.05) is 11.4 Å². The summed E-state index contributed by atoms with van der Waals surface area (Å²) in [5.74, 6) is -0.851. The summed E-state index contributed by atoms with van der Waals surface area (Å²) in [7, 11) is 0. The zero-order valence-electron chi connectivity index (χ0n) is 9.64. The van der Waals surface area contributed by atoms with Crippen molar-refractivity contribution in [2.75, 3.05) is 0 Å². The molecule has 0 saturated carbocycles. The first kappa shape index (κ1) is 12.3. The largest absolute Gasteiger partial charge is 0.364 e. The smallest absolute Gasteiger partial charge is 0.266 e. The fourth-order valence-corrected chi connectivity index (χ4v) is 3.85. The minimum Gasteiger partial charge on any atom is -0.364 e. The number of aromatic amines is 1. The van der Waals surface area contributed by atoms with Gasteiger partial charge in [0.25, 0.3) is 5.91 Å². The van der Waals surface area contributed by atoms with E-state index in [0.29, 0.717) is 15.5 Å². The standard InChI is InChI=1S/C13H9FN2OS2/c14-7-3-1-2-4-9(7)19-12-10(13(15)17)16-8-5-6-18-11(8)12/h1-6,16H,(H2,15,17). The highest BCUT2D eigenvalue weighted by Gasteiger charge is 2.18. The topological polar surface area (TPSA) is 58.9 Å². The summed E-state index contributed by atoms with van der Waals surface area (Å²) >= 11 is 2.71. The molecule has 1 amide bonds.